The van der Waals surface area contributed by atoms with E-state index in [0.717, 1.165) is 17.9 Å². The van der Waals surface area contributed by atoms with E-state index < -0.39 is 11.9 Å². The smallest absolute Gasteiger partial charge is 0.310 e. The third-order valence-corrected chi connectivity index (χ3v) is 3.89. The number of ether oxygens (including phenoxy) is 2. The molecule has 1 N–H and O–H groups in total. The molecule has 0 bridgehead atoms. The number of nitrogens with zero attached hydrogens (tertiary/aromatic N) is 1. The highest BCUT2D eigenvalue weighted by molar-refractivity contribution is 5.71. The highest BCUT2D eigenvalue weighted by Gasteiger charge is 2.37. The van der Waals surface area contributed by atoms with Gasteiger partial charge in [-0.3, -0.25) is 9.69 Å². The third kappa shape index (κ3) is 3.74. The summed E-state index contributed by atoms with van der Waals surface area (Å²) in [4.78, 5) is 13.5. The number of carboxylic acid groups (broad SMARTS) is 1. The Balaban J connectivity index is 2.14. The molecule has 1 aromatic rings. The summed E-state index contributed by atoms with van der Waals surface area (Å²) in [6.07, 6.45) is 0. The van der Waals surface area contributed by atoms with Gasteiger partial charge in [0.1, 0.15) is 5.75 Å². The highest BCUT2D eigenvalue weighted by atomic mass is 16.5. The fourth-order valence-corrected chi connectivity index (χ4v) is 2.75. The summed E-state index contributed by atoms with van der Waals surface area (Å²) in [5.41, 5.74) is 1.08. The van der Waals surface area contributed by atoms with Crippen LogP contribution in [0.15, 0.2) is 24.3 Å². The Morgan fingerprint density at radius 1 is 1.38 bits per heavy atom. The minimum absolute atomic E-state index is 0.0813. The molecule has 116 valence electrons. The maximum absolute atomic E-state index is 11.3. The summed E-state index contributed by atoms with van der Waals surface area (Å²) in [5.74, 6) is -0.373. The van der Waals surface area contributed by atoms with Gasteiger partial charge in [0, 0.05) is 18.2 Å². The molecule has 1 aliphatic heterocycles. The summed E-state index contributed by atoms with van der Waals surface area (Å²) in [6, 6.07) is 7.82. The van der Waals surface area contributed by atoms with Crippen LogP contribution >= 0.6 is 0 Å². The van der Waals surface area contributed by atoms with E-state index in [9.17, 15) is 9.90 Å². The van der Waals surface area contributed by atoms with Crippen molar-refractivity contribution >= 4 is 5.97 Å². The lowest BCUT2D eigenvalue weighted by atomic mass is 10.0. The van der Waals surface area contributed by atoms with Gasteiger partial charge in [-0.25, -0.2) is 0 Å². The quantitative estimate of drug-likeness (QED) is 0.833. The largest absolute Gasteiger partial charge is 0.494 e. The Bertz CT molecular complexity index is 477. The fraction of sp³-hybridized carbons (Fsp3) is 0.562. The number of rotatable bonds is 7. The van der Waals surface area contributed by atoms with E-state index in [2.05, 4.69) is 4.90 Å². The second-order valence-electron chi connectivity index (χ2n) is 5.15. The Kier molecular flexibility index (Phi) is 5.59. The fourth-order valence-electron chi connectivity index (χ4n) is 2.75. The van der Waals surface area contributed by atoms with E-state index in [1.807, 2.05) is 38.1 Å². The van der Waals surface area contributed by atoms with Crippen LogP contribution in [0.4, 0.5) is 0 Å². The van der Waals surface area contributed by atoms with Gasteiger partial charge >= 0.3 is 5.97 Å². The van der Waals surface area contributed by atoms with Crippen molar-refractivity contribution in [1.82, 2.24) is 4.90 Å². The number of para-hydroxylation sites is 1. The summed E-state index contributed by atoms with van der Waals surface area (Å²) >= 11 is 0. The van der Waals surface area contributed by atoms with E-state index in [-0.39, 0.29) is 6.04 Å². The van der Waals surface area contributed by atoms with Crippen LogP contribution in [0, 0.1) is 5.92 Å². The molecule has 0 amide bonds. The molecule has 21 heavy (non-hydrogen) atoms. The minimum Gasteiger partial charge on any atom is -0.494 e. The minimum atomic E-state index is -0.783. The van der Waals surface area contributed by atoms with Gasteiger partial charge in [0.05, 0.1) is 25.7 Å². The summed E-state index contributed by atoms with van der Waals surface area (Å²) in [6.45, 7) is 6.83. The maximum atomic E-state index is 11.3. The first-order chi connectivity index (χ1) is 10.2. The number of hydrogen-bond donors (Lipinski definition) is 1. The molecule has 1 saturated heterocycles. The van der Waals surface area contributed by atoms with Crippen molar-refractivity contribution in [2.75, 3.05) is 26.4 Å². The second-order valence-corrected chi connectivity index (χ2v) is 5.15. The van der Waals surface area contributed by atoms with Crippen molar-refractivity contribution in [3.05, 3.63) is 29.8 Å². The summed E-state index contributed by atoms with van der Waals surface area (Å²) in [5, 5.41) is 9.30. The molecule has 1 fully saturated rings. The van der Waals surface area contributed by atoms with E-state index in [1.165, 1.54) is 0 Å². The molecule has 5 heteroatoms. The van der Waals surface area contributed by atoms with Gasteiger partial charge in [0.25, 0.3) is 0 Å². The molecule has 1 aliphatic rings. The Hall–Kier alpha value is -1.59. The normalized spacial score (nSPS) is 21.7. The average Bonchev–Trinajstić information content (AvgIpc) is 2.96. The number of likely N-dealkylation sites (N-methyl/N-ethyl adjacent to an activating group) is 1. The molecule has 2 atom stereocenters. The van der Waals surface area contributed by atoms with Crippen molar-refractivity contribution in [1.29, 1.82) is 0 Å². The lowest BCUT2D eigenvalue weighted by Gasteiger charge is -2.29. The van der Waals surface area contributed by atoms with E-state index in [1.54, 1.807) is 0 Å². The number of carboxylic acids is 1. The lowest BCUT2D eigenvalue weighted by Crippen LogP contribution is -2.42. The first-order valence-electron chi connectivity index (χ1n) is 7.42. The molecule has 0 aromatic heterocycles. The first kappa shape index (κ1) is 15.8. The Morgan fingerprint density at radius 2 is 2.14 bits per heavy atom. The van der Waals surface area contributed by atoms with E-state index >= 15 is 0 Å². The molecule has 2 unspecified atom stereocenters. The van der Waals surface area contributed by atoms with Crippen molar-refractivity contribution in [2.24, 2.45) is 5.92 Å². The summed E-state index contributed by atoms with van der Waals surface area (Å²) < 4.78 is 11.0. The van der Waals surface area contributed by atoms with Crippen LogP contribution in [0.25, 0.3) is 0 Å². The van der Waals surface area contributed by atoms with Crippen LogP contribution in [0.3, 0.4) is 0 Å². The maximum Gasteiger partial charge on any atom is 0.310 e. The molecule has 0 spiro atoms. The van der Waals surface area contributed by atoms with Gasteiger partial charge in [0.15, 0.2) is 0 Å². The monoisotopic (exact) mass is 293 g/mol. The Labute approximate surface area is 125 Å². The number of hydrogen-bond acceptors (Lipinski definition) is 4. The van der Waals surface area contributed by atoms with Gasteiger partial charge in [-0.15, -0.1) is 0 Å². The van der Waals surface area contributed by atoms with Crippen molar-refractivity contribution < 1.29 is 19.4 Å². The molecule has 0 aliphatic carbocycles. The van der Waals surface area contributed by atoms with Crippen molar-refractivity contribution in [2.45, 2.75) is 26.4 Å². The zero-order valence-electron chi connectivity index (χ0n) is 12.6. The second kappa shape index (κ2) is 7.43. The molecule has 2 rings (SSSR count). The van der Waals surface area contributed by atoms with Gasteiger partial charge in [-0.05, 0) is 19.5 Å². The number of benzene rings is 1. The van der Waals surface area contributed by atoms with Crippen LogP contribution in [0.2, 0.25) is 0 Å². The predicted molar refractivity (Wildman–Crippen MR) is 79.4 cm³/mol. The van der Waals surface area contributed by atoms with Crippen LogP contribution in [0.5, 0.6) is 5.75 Å². The van der Waals surface area contributed by atoms with Gasteiger partial charge in [0.2, 0.25) is 0 Å². The lowest BCUT2D eigenvalue weighted by molar-refractivity contribution is -0.143. The predicted octanol–water partition coefficient (Wildman–Crippen LogP) is 2.01. The van der Waals surface area contributed by atoms with Crippen LogP contribution in [-0.4, -0.2) is 48.4 Å². The molecular formula is C16H23NO4. The standard InChI is InChI=1S/C16H23NO4/c1-3-17(14-11-20-10-13(14)16(18)19)9-12-7-5-6-8-15(12)21-4-2/h5-8,13-14H,3-4,9-11H2,1-2H3,(H,18,19). The van der Waals surface area contributed by atoms with E-state index in [0.29, 0.717) is 26.4 Å². The van der Waals surface area contributed by atoms with Crippen molar-refractivity contribution in [3.63, 3.8) is 0 Å². The van der Waals surface area contributed by atoms with Crippen LogP contribution in [0.1, 0.15) is 19.4 Å². The third-order valence-electron chi connectivity index (χ3n) is 3.89. The highest BCUT2D eigenvalue weighted by Crippen LogP contribution is 2.25. The van der Waals surface area contributed by atoms with Gasteiger partial charge in [-0.1, -0.05) is 25.1 Å². The van der Waals surface area contributed by atoms with Gasteiger partial charge < -0.3 is 14.6 Å². The first-order valence-corrected chi connectivity index (χ1v) is 7.42. The van der Waals surface area contributed by atoms with E-state index in [4.69, 9.17) is 9.47 Å². The van der Waals surface area contributed by atoms with Crippen LogP contribution in [-0.2, 0) is 16.1 Å². The zero-order chi connectivity index (χ0) is 15.2. The summed E-state index contributed by atoms with van der Waals surface area (Å²) in [7, 11) is 0. The topological polar surface area (TPSA) is 59.0 Å². The molecular weight excluding hydrogens is 270 g/mol. The SMILES string of the molecule is CCOc1ccccc1CN(CC)C1COCC1C(=O)O. The number of aliphatic carboxylic acids is 1. The molecule has 0 radical (unpaired) electrons. The molecule has 1 aromatic carbocycles. The van der Waals surface area contributed by atoms with Crippen LogP contribution < -0.4 is 4.74 Å². The van der Waals surface area contributed by atoms with Gasteiger partial charge in [-0.2, -0.15) is 0 Å². The molecule has 0 saturated carbocycles. The molecule has 5 nitrogen and oxygen atoms in total. The average molecular weight is 293 g/mol. The zero-order valence-corrected chi connectivity index (χ0v) is 12.6. The molecule has 1 heterocycles. The van der Waals surface area contributed by atoms with Crippen molar-refractivity contribution in [3.8, 4) is 5.75 Å². The number of carbonyl (C=O) groups is 1. The Morgan fingerprint density at radius 3 is 2.81 bits per heavy atom.